The van der Waals surface area contributed by atoms with Crippen molar-refractivity contribution < 1.29 is 9.90 Å². The first-order valence-corrected chi connectivity index (χ1v) is 6.79. The summed E-state index contributed by atoms with van der Waals surface area (Å²) >= 11 is 0. The Bertz CT molecular complexity index is 257. The fourth-order valence-corrected chi connectivity index (χ4v) is 2.14. The lowest BCUT2D eigenvalue weighted by Gasteiger charge is -2.22. The zero-order chi connectivity index (χ0) is 13.6. The Morgan fingerprint density at radius 1 is 1.33 bits per heavy atom. The monoisotopic (exact) mass is 257 g/mol. The van der Waals surface area contributed by atoms with Gasteiger partial charge in [-0.2, -0.15) is 0 Å². The highest BCUT2D eigenvalue weighted by molar-refractivity contribution is 5.78. The van der Waals surface area contributed by atoms with Crippen LogP contribution in [0.25, 0.3) is 0 Å². The second-order valence-electron chi connectivity index (χ2n) is 6.09. The van der Waals surface area contributed by atoms with Gasteiger partial charge in [0.25, 0.3) is 0 Å². The van der Waals surface area contributed by atoms with Crippen LogP contribution in [-0.4, -0.2) is 60.3 Å². The van der Waals surface area contributed by atoms with E-state index >= 15 is 0 Å². The predicted octanol–water partition coefficient (Wildman–Crippen LogP) is -0.0526. The van der Waals surface area contributed by atoms with E-state index in [-0.39, 0.29) is 18.0 Å². The molecule has 0 radical (unpaired) electrons. The number of hydrogen-bond acceptors (Lipinski definition) is 4. The molecule has 1 aliphatic heterocycles. The predicted molar refractivity (Wildman–Crippen MR) is 72.4 cm³/mol. The number of likely N-dealkylation sites (tertiary alicyclic amines) is 1. The van der Waals surface area contributed by atoms with Crippen molar-refractivity contribution in [3.8, 4) is 0 Å². The lowest BCUT2D eigenvalue weighted by Crippen LogP contribution is -2.46. The molecule has 0 saturated carbocycles. The van der Waals surface area contributed by atoms with E-state index in [0.29, 0.717) is 13.1 Å². The fourth-order valence-electron chi connectivity index (χ4n) is 2.14. The standard InChI is InChI=1S/C13H27N3O2/c1-13(2,3)15-12(18)9-14-8-11(17)10-16-6-4-5-7-16/h11,14,17H,4-10H2,1-3H3,(H,15,18). The van der Waals surface area contributed by atoms with E-state index in [9.17, 15) is 9.90 Å². The fraction of sp³-hybridized carbons (Fsp3) is 0.923. The summed E-state index contributed by atoms with van der Waals surface area (Å²) in [6.07, 6.45) is 2.06. The van der Waals surface area contributed by atoms with Gasteiger partial charge in [0, 0.05) is 18.6 Å². The number of rotatable bonds is 6. The molecule has 3 N–H and O–H groups in total. The third-order valence-corrected chi connectivity index (χ3v) is 2.85. The molecule has 1 heterocycles. The molecule has 0 aromatic heterocycles. The number of hydrogen-bond donors (Lipinski definition) is 3. The van der Waals surface area contributed by atoms with Gasteiger partial charge >= 0.3 is 0 Å². The van der Waals surface area contributed by atoms with Gasteiger partial charge in [-0.05, 0) is 46.7 Å². The first-order chi connectivity index (χ1) is 8.37. The maximum absolute atomic E-state index is 11.5. The molecule has 1 atom stereocenters. The van der Waals surface area contributed by atoms with E-state index in [0.717, 1.165) is 13.1 Å². The molecule has 0 bridgehead atoms. The molecule has 1 unspecified atom stereocenters. The topological polar surface area (TPSA) is 64.6 Å². The highest BCUT2D eigenvalue weighted by Gasteiger charge is 2.16. The third kappa shape index (κ3) is 6.93. The van der Waals surface area contributed by atoms with Gasteiger partial charge in [-0.15, -0.1) is 0 Å². The van der Waals surface area contributed by atoms with Gasteiger partial charge in [0.15, 0.2) is 0 Å². The zero-order valence-corrected chi connectivity index (χ0v) is 11.8. The minimum atomic E-state index is -0.398. The van der Waals surface area contributed by atoms with Crippen molar-refractivity contribution in [2.45, 2.75) is 45.3 Å². The quantitative estimate of drug-likeness (QED) is 0.624. The minimum Gasteiger partial charge on any atom is -0.390 e. The van der Waals surface area contributed by atoms with Gasteiger partial charge in [0.05, 0.1) is 12.6 Å². The average molecular weight is 257 g/mol. The lowest BCUT2D eigenvalue weighted by molar-refractivity contribution is -0.121. The number of carbonyl (C=O) groups is 1. The molecule has 0 aromatic carbocycles. The van der Waals surface area contributed by atoms with Gasteiger partial charge in [0.2, 0.25) is 5.91 Å². The molecule has 1 fully saturated rings. The molecule has 1 saturated heterocycles. The first kappa shape index (κ1) is 15.4. The van der Waals surface area contributed by atoms with E-state index < -0.39 is 6.10 Å². The SMILES string of the molecule is CC(C)(C)NC(=O)CNCC(O)CN1CCCC1. The second kappa shape index (κ2) is 7.07. The molecule has 1 amide bonds. The highest BCUT2D eigenvalue weighted by Crippen LogP contribution is 2.07. The summed E-state index contributed by atoms with van der Waals surface area (Å²) in [7, 11) is 0. The summed E-state index contributed by atoms with van der Waals surface area (Å²) in [5.74, 6) is -0.0316. The Hall–Kier alpha value is -0.650. The number of β-amino-alcohol motifs (C(OH)–C–C–N with tert-alkyl or cyclic N) is 1. The molecule has 5 heteroatoms. The van der Waals surface area contributed by atoms with Crippen LogP contribution in [0.5, 0.6) is 0 Å². The van der Waals surface area contributed by atoms with Crippen LogP contribution < -0.4 is 10.6 Å². The molecule has 18 heavy (non-hydrogen) atoms. The Balaban J connectivity index is 2.07. The van der Waals surface area contributed by atoms with Crippen LogP contribution in [-0.2, 0) is 4.79 Å². The van der Waals surface area contributed by atoms with Crippen LogP contribution in [0.15, 0.2) is 0 Å². The van der Waals surface area contributed by atoms with Crippen LogP contribution in [0.1, 0.15) is 33.6 Å². The first-order valence-electron chi connectivity index (χ1n) is 6.79. The molecule has 5 nitrogen and oxygen atoms in total. The number of amides is 1. The number of aliphatic hydroxyl groups is 1. The average Bonchev–Trinajstić information content (AvgIpc) is 2.67. The van der Waals surface area contributed by atoms with Gasteiger partial charge in [-0.3, -0.25) is 4.79 Å². The van der Waals surface area contributed by atoms with Crippen LogP contribution in [0.3, 0.4) is 0 Å². The third-order valence-electron chi connectivity index (χ3n) is 2.85. The molecular weight excluding hydrogens is 230 g/mol. The van der Waals surface area contributed by atoms with Gasteiger partial charge < -0.3 is 20.6 Å². The summed E-state index contributed by atoms with van der Waals surface area (Å²) in [6, 6.07) is 0. The largest absolute Gasteiger partial charge is 0.390 e. The molecule has 0 aromatic rings. The Kier molecular flexibility index (Phi) is 6.05. The van der Waals surface area contributed by atoms with E-state index in [1.807, 2.05) is 20.8 Å². The van der Waals surface area contributed by atoms with Crippen molar-refractivity contribution in [2.24, 2.45) is 0 Å². The van der Waals surface area contributed by atoms with Gasteiger partial charge in [0.1, 0.15) is 0 Å². The molecule has 0 aliphatic carbocycles. The number of aliphatic hydroxyl groups excluding tert-OH is 1. The summed E-state index contributed by atoms with van der Waals surface area (Å²) in [5.41, 5.74) is -0.201. The normalized spacial score (nSPS) is 18.9. The molecule has 1 aliphatic rings. The Labute approximate surface area is 110 Å². The lowest BCUT2D eigenvalue weighted by atomic mass is 10.1. The molecule has 106 valence electrons. The summed E-state index contributed by atoms with van der Waals surface area (Å²) < 4.78 is 0. The van der Waals surface area contributed by atoms with Crippen molar-refractivity contribution in [3.05, 3.63) is 0 Å². The van der Waals surface area contributed by atoms with E-state index in [2.05, 4.69) is 15.5 Å². The van der Waals surface area contributed by atoms with E-state index in [1.54, 1.807) is 0 Å². The smallest absolute Gasteiger partial charge is 0.234 e. The number of carbonyl (C=O) groups excluding carboxylic acids is 1. The highest BCUT2D eigenvalue weighted by atomic mass is 16.3. The summed E-state index contributed by atoms with van der Waals surface area (Å²) in [5, 5.41) is 15.7. The van der Waals surface area contributed by atoms with Gasteiger partial charge in [-0.1, -0.05) is 0 Å². The molecule has 0 spiro atoms. The van der Waals surface area contributed by atoms with Crippen molar-refractivity contribution in [2.75, 3.05) is 32.7 Å². The molecule has 1 rings (SSSR count). The van der Waals surface area contributed by atoms with E-state index in [1.165, 1.54) is 12.8 Å². The summed E-state index contributed by atoms with van der Waals surface area (Å²) in [4.78, 5) is 13.8. The van der Waals surface area contributed by atoms with E-state index in [4.69, 9.17) is 0 Å². The maximum atomic E-state index is 11.5. The number of nitrogens with zero attached hydrogens (tertiary/aromatic N) is 1. The summed E-state index contributed by atoms with van der Waals surface area (Å²) in [6.45, 7) is 9.45. The van der Waals surface area contributed by atoms with Crippen molar-refractivity contribution in [3.63, 3.8) is 0 Å². The van der Waals surface area contributed by atoms with Crippen LogP contribution in [0.4, 0.5) is 0 Å². The Morgan fingerprint density at radius 2 is 1.94 bits per heavy atom. The van der Waals surface area contributed by atoms with Crippen molar-refractivity contribution in [1.82, 2.24) is 15.5 Å². The Morgan fingerprint density at radius 3 is 2.50 bits per heavy atom. The number of nitrogens with one attached hydrogen (secondary N) is 2. The van der Waals surface area contributed by atoms with Crippen molar-refractivity contribution in [1.29, 1.82) is 0 Å². The van der Waals surface area contributed by atoms with Crippen LogP contribution in [0.2, 0.25) is 0 Å². The second-order valence-corrected chi connectivity index (χ2v) is 6.09. The maximum Gasteiger partial charge on any atom is 0.234 e. The van der Waals surface area contributed by atoms with Crippen LogP contribution >= 0.6 is 0 Å². The van der Waals surface area contributed by atoms with Crippen LogP contribution in [0, 0.1) is 0 Å². The molecular formula is C13H27N3O2. The minimum absolute atomic E-state index is 0.0316. The van der Waals surface area contributed by atoms with Crippen molar-refractivity contribution >= 4 is 5.91 Å². The zero-order valence-electron chi connectivity index (χ0n) is 11.8. The van der Waals surface area contributed by atoms with Gasteiger partial charge in [-0.25, -0.2) is 0 Å².